The molecule has 0 aromatic heterocycles. The lowest BCUT2D eigenvalue weighted by Crippen LogP contribution is -2.34. The number of esters is 4. The van der Waals surface area contributed by atoms with E-state index >= 15 is 0 Å². The monoisotopic (exact) mass is 592 g/mol. The van der Waals surface area contributed by atoms with E-state index in [0.29, 0.717) is 22.3 Å². The van der Waals surface area contributed by atoms with E-state index in [1.54, 1.807) is 121 Å². The molecule has 0 radical (unpaired) electrons. The summed E-state index contributed by atoms with van der Waals surface area (Å²) >= 11 is 0. The van der Waals surface area contributed by atoms with Gasteiger partial charge < -0.3 is 18.9 Å². The van der Waals surface area contributed by atoms with Crippen molar-refractivity contribution in [1.82, 2.24) is 0 Å². The molecule has 0 aliphatic carbocycles. The molecule has 0 saturated carbocycles. The first kappa shape index (κ1) is 31.4. The molecule has 0 fully saturated rings. The van der Waals surface area contributed by atoms with Gasteiger partial charge in [-0.1, -0.05) is 85.5 Å². The molecule has 0 aliphatic rings. The van der Waals surface area contributed by atoms with E-state index in [1.165, 1.54) is 6.08 Å². The summed E-state index contributed by atoms with van der Waals surface area (Å²) in [5.41, 5.74) is 1.28. The Balaban J connectivity index is 1.55. The first-order valence-corrected chi connectivity index (χ1v) is 14.1. The predicted molar refractivity (Wildman–Crippen MR) is 163 cm³/mol. The summed E-state index contributed by atoms with van der Waals surface area (Å²) in [4.78, 5) is 51.6. The smallest absolute Gasteiger partial charge is 0.338 e. The molecule has 4 rings (SSSR count). The van der Waals surface area contributed by atoms with E-state index in [2.05, 4.69) is 6.58 Å². The molecule has 4 aromatic carbocycles. The van der Waals surface area contributed by atoms with Gasteiger partial charge in [0.25, 0.3) is 0 Å². The third-order valence-electron chi connectivity index (χ3n) is 6.53. The maximum Gasteiger partial charge on any atom is 0.338 e. The Kier molecular flexibility index (Phi) is 11.6. The lowest BCUT2D eigenvalue weighted by atomic mass is 10.0. The highest BCUT2D eigenvalue weighted by molar-refractivity contribution is 5.91. The molecule has 0 spiro atoms. The van der Waals surface area contributed by atoms with Gasteiger partial charge in [-0.25, -0.2) is 19.2 Å². The summed E-state index contributed by atoms with van der Waals surface area (Å²) in [7, 11) is 0. The fraction of sp³-hybridized carbons (Fsp3) is 0.167. The minimum atomic E-state index is -1.01. The van der Waals surface area contributed by atoms with Crippen molar-refractivity contribution in [2.24, 2.45) is 0 Å². The highest BCUT2D eigenvalue weighted by Gasteiger charge is 2.29. The zero-order valence-electron chi connectivity index (χ0n) is 24.0. The molecule has 0 unspecified atom stereocenters. The van der Waals surface area contributed by atoms with Crippen LogP contribution in [0, 0.1) is 0 Å². The molecule has 224 valence electrons. The van der Waals surface area contributed by atoms with Crippen LogP contribution in [0.3, 0.4) is 0 Å². The maximum absolute atomic E-state index is 13.1. The highest BCUT2D eigenvalue weighted by atomic mass is 16.6. The van der Waals surface area contributed by atoms with Gasteiger partial charge in [0.05, 0.1) is 22.3 Å². The van der Waals surface area contributed by atoms with Crippen molar-refractivity contribution in [1.29, 1.82) is 0 Å². The SMILES string of the molecule is C=C[C@H](C[C@H](C[C@@H](COC(=O)c1ccccc1)OC(=O)c1ccccc1)OC(=O)c1ccccc1)OC(=O)c1ccccc1. The maximum atomic E-state index is 13.1. The molecule has 0 amide bonds. The van der Waals surface area contributed by atoms with Crippen molar-refractivity contribution >= 4 is 23.9 Å². The molecule has 0 N–H and O–H groups in total. The Hall–Kier alpha value is -5.50. The fourth-order valence-electron chi connectivity index (χ4n) is 4.28. The van der Waals surface area contributed by atoms with Crippen LogP contribution in [0.5, 0.6) is 0 Å². The van der Waals surface area contributed by atoms with Gasteiger partial charge in [0.15, 0.2) is 0 Å². The standard InChI is InChI=1S/C36H32O8/c1-2-30(42-34(38)27-17-9-4-10-18-27)23-31(43-35(39)28-19-11-5-12-20-28)24-32(44-36(40)29-21-13-6-14-22-29)25-41-33(37)26-15-7-3-8-16-26/h2-22,30-32H,1,23-25H2/t30-,31-,32+/m1/s1. The Morgan fingerprint density at radius 3 is 1.27 bits per heavy atom. The predicted octanol–water partition coefficient (Wildman–Crippen LogP) is 6.49. The normalized spacial score (nSPS) is 12.5. The number of rotatable bonds is 14. The minimum Gasteiger partial charge on any atom is -0.458 e. The summed E-state index contributed by atoms with van der Waals surface area (Å²) in [6, 6.07) is 33.6. The minimum absolute atomic E-state index is 0.00661. The average Bonchev–Trinajstić information content (AvgIpc) is 3.08. The summed E-state index contributed by atoms with van der Waals surface area (Å²) in [5.74, 6) is -2.45. The van der Waals surface area contributed by atoms with Crippen molar-refractivity contribution in [3.63, 3.8) is 0 Å². The van der Waals surface area contributed by atoms with Crippen LogP contribution < -0.4 is 0 Å². The summed E-state index contributed by atoms with van der Waals surface area (Å²) in [5, 5.41) is 0. The van der Waals surface area contributed by atoms with Gasteiger partial charge in [0.1, 0.15) is 24.9 Å². The van der Waals surface area contributed by atoms with E-state index in [9.17, 15) is 19.2 Å². The molecule has 8 heteroatoms. The van der Waals surface area contributed by atoms with Crippen molar-refractivity contribution < 1.29 is 38.1 Å². The molecular weight excluding hydrogens is 560 g/mol. The zero-order valence-corrected chi connectivity index (χ0v) is 24.0. The van der Waals surface area contributed by atoms with Crippen LogP contribution in [0.1, 0.15) is 54.3 Å². The Morgan fingerprint density at radius 2 is 0.864 bits per heavy atom. The van der Waals surface area contributed by atoms with Gasteiger partial charge in [-0.05, 0) is 48.5 Å². The third kappa shape index (κ3) is 9.52. The molecule has 8 nitrogen and oxygen atoms in total. The van der Waals surface area contributed by atoms with Crippen molar-refractivity contribution in [3.8, 4) is 0 Å². The molecule has 44 heavy (non-hydrogen) atoms. The van der Waals surface area contributed by atoms with E-state index in [-0.39, 0.29) is 19.4 Å². The van der Waals surface area contributed by atoms with Crippen LogP contribution in [0.25, 0.3) is 0 Å². The lowest BCUT2D eigenvalue weighted by molar-refractivity contribution is -0.0307. The largest absolute Gasteiger partial charge is 0.458 e. The first-order valence-electron chi connectivity index (χ1n) is 14.1. The second kappa shape index (κ2) is 16.2. The molecule has 3 atom stereocenters. The molecule has 0 saturated heterocycles. The first-order chi connectivity index (χ1) is 21.4. The zero-order chi connectivity index (χ0) is 31.1. The van der Waals surface area contributed by atoms with E-state index in [4.69, 9.17) is 18.9 Å². The Morgan fingerprint density at radius 1 is 0.500 bits per heavy atom. The Bertz CT molecular complexity index is 1520. The third-order valence-corrected chi connectivity index (χ3v) is 6.53. The Labute approximate surface area is 255 Å². The number of carbonyl (C=O) groups is 4. The van der Waals surface area contributed by atoms with Crippen LogP contribution in [0.2, 0.25) is 0 Å². The number of benzene rings is 4. The van der Waals surface area contributed by atoms with Gasteiger partial charge in [0, 0.05) is 12.8 Å². The van der Waals surface area contributed by atoms with Gasteiger partial charge in [-0.3, -0.25) is 0 Å². The van der Waals surface area contributed by atoms with Gasteiger partial charge in [-0.2, -0.15) is 0 Å². The van der Waals surface area contributed by atoms with Crippen molar-refractivity contribution in [2.45, 2.75) is 31.2 Å². The van der Waals surface area contributed by atoms with Crippen molar-refractivity contribution in [3.05, 3.63) is 156 Å². The summed E-state index contributed by atoms with van der Waals surface area (Å²) in [6.45, 7) is 3.47. The molecule has 4 aromatic rings. The van der Waals surface area contributed by atoms with E-state index in [0.717, 1.165) is 0 Å². The van der Waals surface area contributed by atoms with Crippen LogP contribution in [0.4, 0.5) is 0 Å². The fourth-order valence-corrected chi connectivity index (χ4v) is 4.28. The van der Waals surface area contributed by atoms with E-state index in [1.807, 2.05) is 0 Å². The molecular formula is C36H32O8. The molecule has 0 aliphatic heterocycles. The number of ether oxygens (including phenoxy) is 4. The summed E-state index contributed by atoms with van der Waals surface area (Å²) < 4.78 is 22.8. The van der Waals surface area contributed by atoms with Crippen LogP contribution in [-0.2, 0) is 18.9 Å². The van der Waals surface area contributed by atoms with Gasteiger partial charge in [0.2, 0.25) is 0 Å². The average molecular weight is 593 g/mol. The summed E-state index contributed by atoms with van der Waals surface area (Å²) in [6.07, 6.45) is -1.42. The second-order valence-electron chi connectivity index (χ2n) is 9.77. The second-order valence-corrected chi connectivity index (χ2v) is 9.77. The van der Waals surface area contributed by atoms with Crippen LogP contribution >= 0.6 is 0 Å². The molecule has 0 bridgehead atoms. The quantitative estimate of drug-likeness (QED) is 0.0930. The van der Waals surface area contributed by atoms with Crippen LogP contribution in [-0.4, -0.2) is 48.8 Å². The lowest BCUT2D eigenvalue weighted by Gasteiger charge is -2.26. The highest BCUT2D eigenvalue weighted by Crippen LogP contribution is 2.20. The van der Waals surface area contributed by atoms with Gasteiger partial charge in [-0.15, -0.1) is 0 Å². The number of carbonyl (C=O) groups excluding carboxylic acids is 4. The van der Waals surface area contributed by atoms with Gasteiger partial charge >= 0.3 is 23.9 Å². The number of hydrogen-bond acceptors (Lipinski definition) is 8. The van der Waals surface area contributed by atoms with E-state index < -0.39 is 42.2 Å². The van der Waals surface area contributed by atoms with Crippen LogP contribution in [0.15, 0.2) is 134 Å². The topological polar surface area (TPSA) is 105 Å². The number of hydrogen-bond donors (Lipinski definition) is 0. The van der Waals surface area contributed by atoms with Crippen molar-refractivity contribution in [2.75, 3.05) is 6.61 Å². The molecule has 0 heterocycles.